The van der Waals surface area contributed by atoms with Crippen LogP contribution in [0.25, 0.3) is 10.6 Å². The summed E-state index contributed by atoms with van der Waals surface area (Å²) in [5.74, 6) is 1.03. The molecule has 178 valence electrons. The first-order valence-electron chi connectivity index (χ1n) is 11.3. The van der Waals surface area contributed by atoms with Crippen LogP contribution in [-0.4, -0.2) is 22.7 Å². The second-order valence-electron chi connectivity index (χ2n) is 7.84. The van der Waals surface area contributed by atoms with Crippen LogP contribution in [0.2, 0.25) is 4.34 Å². The lowest BCUT2D eigenvalue weighted by atomic mass is 10.2. The quantitative estimate of drug-likeness (QED) is 0.188. The Morgan fingerprint density at radius 2 is 1.91 bits per heavy atom. The van der Waals surface area contributed by atoms with E-state index in [0.717, 1.165) is 22.7 Å². The van der Waals surface area contributed by atoms with Gasteiger partial charge in [0.1, 0.15) is 11.5 Å². The number of anilines is 2. The van der Waals surface area contributed by atoms with Crippen molar-refractivity contribution >= 4 is 51.0 Å². The Balaban J connectivity index is 1.54. The van der Waals surface area contributed by atoms with Gasteiger partial charge in [-0.25, -0.2) is 4.98 Å². The van der Waals surface area contributed by atoms with Crippen molar-refractivity contribution in [3.63, 3.8) is 0 Å². The molecule has 0 N–H and O–H groups in total. The molecule has 3 aromatic heterocycles. The number of thiazole rings is 1. The van der Waals surface area contributed by atoms with Gasteiger partial charge in [-0.15, -0.1) is 22.7 Å². The lowest BCUT2D eigenvalue weighted by molar-refractivity contribution is 0.0990. The van der Waals surface area contributed by atoms with Crippen LogP contribution in [-0.2, 0) is 0 Å². The Morgan fingerprint density at radius 3 is 2.59 bits per heavy atom. The van der Waals surface area contributed by atoms with Crippen molar-refractivity contribution in [3.05, 3.63) is 63.6 Å². The number of hydrogen-bond donors (Lipinski definition) is 0. The third-order valence-electron chi connectivity index (χ3n) is 5.17. The summed E-state index contributed by atoms with van der Waals surface area (Å²) in [6.45, 7) is 4.65. The van der Waals surface area contributed by atoms with E-state index in [4.69, 9.17) is 25.8 Å². The lowest BCUT2D eigenvalue weighted by Gasteiger charge is -2.19. The minimum absolute atomic E-state index is 0.223. The Labute approximate surface area is 212 Å². The van der Waals surface area contributed by atoms with Crippen LogP contribution in [0.1, 0.15) is 55.3 Å². The number of ether oxygens (including phenoxy) is 1. The van der Waals surface area contributed by atoms with Crippen molar-refractivity contribution < 1.29 is 14.1 Å². The van der Waals surface area contributed by atoms with Gasteiger partial charge in [0.2, 0.25) is 0 Å². The molecule has 3 heterocycles. The molecule has 1 amide bonds. The number of halogens is 1. The molecule has 4 rings (SSSR count). The van der Waals surface area contributed by atoms with E-state index < -0.39 is 0 Å². The highest BCUT2D eigenvalue weighted by Crippen LogP contribution is 2.37. The molecule has 4 aromatic rings. The van der Waals surface area contributed by atoms with Crippen molar-refractivity contribution in [2.45, 2.75) is 46.0 Å². The van der Waals surface area contributed by atoms with Crippen LogP contribution in [0.5, 0.6) is 5.75 Å². The van der Waals surface area contributed by atoms with Gasteiger partial charge in [-0.1, -0.05) is 49.4 Å². The summed E-state index contributed by atoms with van der Waals surface area (Å²) in [6.07, 6.45) is 5.94. The van der Waals surface area contributed by atoms with Crippen LogP contribution >= 0.6 is 34.3 Å². The van der Waals surface area contributed by atoms with Crippen LogP contribution in [0.4, 0.5) is 10.8 Å². The fourth-order valence-electron chi connectivity index (χ4n) is 3.42. The lowest BCUT2D eigenvalue weighted by Crippen LogP contribution is -2.26. The summed E-state index contributed by atoms with van der Waals surface area (Å²) in [4.78, 5) is 20.6. The molecule has 0 unspecified atom stereocenters. The number of unbranched alkanes of at least 4 members (excludes halogenated alkanes) is 4. The minimum Gasteiger partial charge on any atom is -0.494 e. The fraction of sp³-hybridized carbons (Fsp3) is 0.320. The molecule has 0 saturated heterocycles. The van der Waals surface area contributed by atoms with Gasteiger partial charge in [0, 0.05) is 11.4 Å². The van der Waals surface area contributed by atoms with E-state index in [1.165, 1.54) is 48.4 Å². The number of carbonyl (C=O) groups excluding carboxylic acids is 1. The van der Waals surface area contributed by atoms with Gasteiger partial charge in [-0.3, -0.25) is 9.69 Å². The first-order chi connectivity index (χ1) is 16.5. The summed E-state index contributed by atoms with van der Waals surface area (Å²) in [6, 6.07) is 12.9. The molecule has 0 atom stereocenters. The normalized spacial score (nSPS) is 11.0. The van der Waals surface area contributed by atoms with Gasteiger partial charge in [0.25, 0.3) is 5.91 Å². The highest BCUT2D eigenvalue weighted by atomic mass is 35.5. The van der Waals surface area contributed by atoms with E-state index in [2.05, 4.69) is 12.1 Å². The first kappa shape index (κ1) is 24.4. The van der Waals surface area contributed by atoms with E-state index in [-0.39, 0.29) is 11.6 Å². The summed E-state index contributed by atoms with van der Waals surface area (Å²) in [5.41, 5.74) is 1.67. The molecule has 0 fully saturated rings. The smallest absolute Gasteiger partial charge is 0.286 e. The van der Waals surface area contributed by atoms with Crippen LogP contribution in [0.3, 0.4) is 0 Å². The molecule has 34 heavy (non-hydrogen) atoms. The molecule has 6 nitrogen and oxygen atoms in total. The van der Waals surface area contributed by atoms with Crippen molar-refractivity contribution in [1.29, 1.82) is 0 Å². The number of nitrogens with zero attached hydrogens (tertiary/aromatic N) is 3. The zero-order valence-corrected chi connectivity index (χ0v) is 21.5. The molecular weight excluding hydrogens is 490 g/mol. The van der Waals surface area contributed by atoms with Crippen LogP contribution < -0.4 is 9.64 Å². The Hall–Kier alpha value is -2.68. The fourth-order valence-corrected chi connectivity index (χ4v) is 5.34. The molecule has 0 bridgehead atoms. The van der Waals surface area contributed by atoms with Crippen LogP contribution in [0.15, 0.2) is 52.4 Å². The zero-order chi connectivity index (χ0) is 23.9. The summed E-state index contributed by atoms with van der Waals surface area (Å²) >= 11 is 8.92. The van der Waals surface area contributed by atoms with Crippen molar-refractivity contribution in [3.8, 4) is 16.3 Å². The molecule has 9 heteroatoms. The van der Waals surface area contributed by atoms with Crippen molar-refractivity contribution in [2.24, 2.45) is 0 Å². The molecule has 0 saturated carbocycles. The Kier molecular flexibility index (Phi) is 8.37. The molecular formula is C25H26ClN3O3S2. The molecule has 0 aliphatic rings. The van der Waals surface area contributed by atoms with Crippen molar-refractivity contribution in [2.75, 3.05) is 11.5 Å². The topological polar surface area (TPSA) is 68.5 Å². The van der Waals surface area contributed by atoms with E-state index in [9.17, 15) is 4.79 Å². The molecule has 0 spiro atoms. The van der Waals surface area contributed by atoms with Crippen molar-refractivity contribution in [1.82, 2.24) is 10.1 Å². The zero-order valence-electron chi connectivity index (χ0n) is 19.1. The van der Waals surface area contributed by atoms with Crippen LogP contribution in [0, 0.1) is 6.92 Å². The number of benzene rings is 1. The first-order valence-corrected chi connectivity index (χ1v) is 13.3. The molecule has 0 radical (unpaired) electrons. The minimum atomic E-state index is -0.313. The van der Waals surface area contributed by atoms with Gasteiger partial charge in [0.05, 0.1) is 27.2 Å². The maximum atomic E-state index is 13.4. The monoisotopic (exact) mass is 515 g/mol. The third-order valence-corrected chi connectivity index (χ3v) is 7.25. The van der Waals surface area contributed by atoms with Gasteiger partial charge in [-0.2, -0.15) is 0 Å². The standard InChI is InChI=1S/C25H26ClN3O3S2/c1-3-4-5-6-7-14-31-19-10-8-18(9-11-19)29(24(30)20-15-17(2)32-28-20)25-27-21(16-33-25)22-12-13-23(26)34-22/h8-13,15-16H,3-7,14H2,1-2H3. The highest BCUT2D eigenvalue weighted by molar-refractivity contribution is 7.20. The molecule has 0 aliphatic carbocycles. The highest BCUT2D eigenvalue weighted by Gasteiger charge is 2.26. The largest absolute Gasteiger partial charge is 0.494 e. The van der Waals surface area contributed by atoms with E-state index in [0.29, 0.717) is 27.5 Å². The summed E-state index contributed by atoms with van der Waals surface area (Å²) < 4.78 is 11.7. The Morgan fingerprint density at radius 1 is 1.12 bits per heavy atom. The number of amides is 1. The number of hydrogen-bond acceptors (Lipinski definition) is 7. The van der Waals surface area contributed by atoms with Gasteiger partial charge in [-0.05, 0) is 49.7 Å². The molecule has 1 aromatic carbocycles. The number of thiophene rings is 1. The average molecular weight is 516 g/mol. The second-order valence-corrected chi connectivity index (χ2v) is 10.4. The third kappa shape index (κ3) is 6.05. The second kappa shape index (κ2) is 11.6. The maximum Gasteiger partial charge on any atom is 0.286 e. The number of aromatic nitrogens is 2. The SMILES string of the molecule is CCCCCCCOc1ccc(N(C(=O)c2cc(C)on2)c2nc(-c3ccc(Cl)s3)cs2)cc1. The summed E-state index contributed by atoms with van der Waals surface area (Å²) in [5, 5.41) is 6.37. The number of rotatable bonds is 11. The predicted molar refractivity (Wildman–Crippen MR) is 139 cm³/mol. The van der Waals surface area contributed by atoms with Gasteiger partial charge in [0.15, 0.2) is 10.8 Å². The van der Waals surface area contributed by atoms with E-state index in [1.54, 1.807) is 17.9 Å². The maximum absolute atomic E-state index is 13.4. The average Bonchev–Trinajstić information content (AvgIpc) is 3.59. The number of carbonyl (C=O) groups is 1. The number of aryl methyl sites for hydroxylation is 1. The van der Waals surface area contributed by atoms with Gasteiger partial charge >= 0.3 is 0 Å². The van der Waals surface area contributed by atoms with E-state index in [1.807, 2.05) is 41.8 Å². The van der Waals surface area contributed by atoms with E-state index >= 15 is 0 Å². The predicted octanol–water partition coefficient (Wildman–Crippen LogP) is 8.15. The Bertz CT molecular complexity index is 1220. The molecule has 0 aliphatic heterocycles. The summed E-state index contributed by atoms with van der Waals surface area (Å²) in [7, 11) is 0. The van der Waals surface area contributed by atoms with Gasteiger partial charge < -0.3 is 9.26 Å².